The van der Waals surface area contributed by atoms with Crippen LogP contribution in [0.2, 0.25) is 0 Å². The molecular weight excluding hydrogens is 585 g/mol. The highest BCUT2D eigenvalue weighted by Crippen LogP contribution is 2.58. The second-order valence-corrected chi connectivity index (χ2v) is 16.2. The van der Waals surface area contributed by atoms with Gasteiger partial charge in [-0.05, 0) is 90.3 Å². The minimum Gasteiger partial charge on any atom is -0.410 e. The number of benzene rings is 3. The Bertz CT molecular complexity index is 2510. The molecule has 0 radical (unpaired) electrons. The van der Waals surface area contributed by atoms with Crippen molar-refractivity contribution in [1.29, 1.82) is 0 Å². The van der Waals surface area contributed by atoms with E-state index in [9.17, 15) is 4.79 Å². The zero-order chi connectivity index (χ0) is 34.4. The molecule has 8 rings (SSSR count). The largest absolute Gasteiger partial charge is 0.424 e. The molecule has 3 aliphatic rings. The van der Waals surface area contributed by atoms with E-state index in [0.29, 0.717) is 17.3 Å². The van der Waals surface area contributed by atoms with Gasteiger partial charge in [0.25, 0.3) is 0 Å². The van der Waals surface area contributed by atoms with E-state index in [-0.39, 0.29) is 23.3 Å². The van der Waals surface area contributed by atoms with Crippen molar-refractivity contribution in [3.05, 3.63) is 98.5 Å². The minimum atomic E-state index is -0.375. The van der Waals surface area contributed by atoms with Crippen LogP contribution >= 0.6 is 0 Å². The van der Waals surface area contributed by atoms with Gasteiger partial charge in [0.1, 0.15) is 5.42 Å². The van der Waals surface area contributed by atoms with Gasteiger partial charge in [0.05, 0.1) is 5.52 Å². The molecule has 0 saturated carbocycles. The zero-order valence-electron chi connectivity index (χ0n) is 29.7. The van der Waals surface area contributed by atoms with E-state index in [1.165, 1.54) is 49.8 Å². The normalized spacial score (nSPS) is 16.8. The third kappa shape index (κ3) is 3.64. The molecule has 0 fully saturated rings. The first kappa shape index (κ1) is 30.7. The lowest BCUT2D eigenvalue weighted by Gasteiger charge is -2.32. The third-order valence-electron chi connectivity index (χ3n) is 11.6. The second-order valence-electron chi connectivity index (χ2n) is 16.2. The van der Waals surface area contributed by atoms with Gasteiger partial charge in [0, 0.05) is 21.9 Å². The molecule has 4 heteroatoms. The molecule has 0 atom stereocenters. The molecule has 4 aromatic carbocycles. The highest BCUT2D eigenvalue weighted by Gasteiger charge is 2.55. The summed E-state index contributed by atoms with van der Waals surface area (Å²) in [5, 5.41) is 3.79. The summed E-state index contributed by atoms with van der Waals surface area (Å²) in [5.41, 5.74) is 15.4. The van der Waals surface area contributed by atoms with E-state index >= 15 is 0 Å². The Labute approximate surface area is 283 Å². The number of rotatable bonds is 5. The molecule has 0 bridgehead atoms. The first-order chi connectivity index (χ1) is 22.7. The summed E-state index contributed by atoms with van der Waals surface area (Å²) >= 11 is 0. The standard InChI is InChI=1S/C44H44BNO2/c1-13-27-24(7)33-34-25(8)48-42(47)46-39(34)38-37(36(33)28(27)14-2)31-20-26(35-29(22(3)4)16-15-17-30(35)23(5)6)18-19-32(31)45(38)40-41(46)44(11,12)21-43(40,9)10/h13-20,22-23H,1-2,7-8,21H2,3-6,9-12H3. The van der Waals surface area contributed by atoms with Gasteiger partial charge in [0.15, 0.2) is 0 Å². The maximum absolute atomic E-state index is 14.1. The Balaban J connectivity index is 1.65. The smallest absolute Gasteiger partial charge is 0.410 e. The van der Waals surface area contributed by atoms with Gasteiger partial charge in [0.2, 0.25) is 6.71 Å². The van der Waals surface area contributed by atoms with Gasteiger partial charge < -0.3 is 4.42 Å². The van der Waals surface area contributed by atoms with Crippen LogP contribution in [0.5, 0.6) is 0 Å². The monoisotopic (exact) mass is 629 g/mol. The predicted octanol–water partition coefficient (Wildman–Crippen LogP) is 8.58. The minimum absolute atomic E-state index is 0.00171. The predicted molar refractivity (Wildman–Crippen MR) is 208 cm³/mol. The number of aromatic nitrogens is 1. The first-order valence-electron chi connectivity index (χ1n) is 17.3. The maximum Gasteiger partial charge on any atom is 0.424 e. The number of hydrogen-bond acceptors (Lipinski definition) is 2. The fraction of sp³-hybridized carbons (Fsp3) is 0.295. The lowest BCUT2D eigenvalue weighted by Crippen LogP contribution is -2.49. The Morgan fingerprint density at radius 1 is 0.854 bits per heavy atom. The van der Waals surface area contributed by atoms with Crippen molar-refractivity contribution < 1.29 is 4.42 Å². The molecule has 240 valence electrons. The molecule has 3 heterocycles. The van der Waals surface area contributed by atoms with E-state index in [1.54, 1.807) is 0 Å². The highest BCUT2D eigenvalue weighted by atomic mass is 16.4. The summed E-state index contributed by atoms with van der Waals surface area (Å²) in [6.45, 7) is 35.8. The van der Waals surface area contributed by atoms with Gasteiger partial charge in [-0.2, -0.15) is 0 Å². The van der Waals surface area contributed by atoms with Crippen LogP contribution < -0.4 is 27.3 Å². The number of allylic oxidation sites excluding steroid dienone is 2. The van der Waals surface area contributed by atoms with Gasteiger partial charge in [-0.25, -0.2) is 9.36 Å². The molecule has 2 aliphatic heterocycles. The summed E-state index contributed by atoms with van der Waals surface area (Å²) < 4.78 is 7.96. The summed E-state index contributed by atoms with van der Waals surface area (Å²) in [4.78, 5) is 14.1. The summed E-state index contributed by atoms with van der Waals surface area (Å²) in [7, 11) is 0. The van der Waals surface area contributed by atoms with Crippen LogP contribution in [-0.4, -0.2) is 11.3 Å². The van der Waals surface area contributed by atoms with Crippen LogP contribution in [0, 0.1) is 10.8 Å². The van der Waals surface area contributed by atoms with E-state index in [4.69, 9.17) is 4.42 Å². The van der Waals surface area contributed by atoms with Crippen molar-refractivity contribution >= 4 is 70.3 Å². The van der Waals surface area contributed by atoms with Crippen molar-refractivity contribution in [1.82, 2.24) is 4.57 Å². The van der Waals surface area contributed by atoms with Gasteiger partial charge >= 0.3 is 5.76 Å². The molecule has 0 N–H and O–H groups in total. The number of fused-ring (bicyclic) bond motifs is 8. The Morgan fingerprint density at radius 2 is 1.50 bits per heavy atom. The summed E-state index contributed by atoms with van der Waals surface area (Å²) in [6, 6.07) is 13.9. The Kier molecular flexibility index (Phi) is 6.25. The average molecular weight is 630 g/mol. The molecule has 0 saturated heterocycles. The van der Waals surface area contributed by atoms with E-state index in [0.717, 1.165) is 50.1 Å². The first-order valence-corrected chi connectivity index (χ1v) is 17.3. The van der Waals surface area contributed by atoms with Crippen molar-refractivity contribution in [3.63, 3.8) is 0 Å². The number of hydrogen-bond donors (Lipinski definition) is 0. The molecule has 1 aromatic heterocycles. The summed E-state index contributed by atoms with van der Waals surface area (Å²) in [6.07, 6.45) is 4.76. The van der Waals surface area contributed by atoms with Crippen LogP contribution in [0.25, 0.3) is 74.9 Å². The van der Waals surface area contributed by atoms with E-state index in [1.807, 2.05) is 16.7 Å². The van der Waals surface area contributed by atoms with Gasteiger partial charge in [-0.1, -0.05) is 135 Å². The fourth-order valence-corrected chi connectivity index (χ4v) is 10.2. The van der Waals surface area contributed by atoms with Crippen molar-refractivity contribution in [3.8, 4) is 22.3 Å². The molecule has 48 heavy (non-hydrogen) atoms. The SMILES string of the molecule is C=Cc1c(C=C)c2c3c4c5c(c(=C)oc(=O)n5C5=C(B4c4ccc(-c6c(C(C)C)cccc6C(C)C)cc4-3)C(C)(C)CC5(C)C)c2c1=C. The van der Waals surface area contributed by atoms with Crippen molar-refractivity contribution in [2.75, 3.05) is 0 Å². The van der Waals surface area contributed by atoms with Crippen molar-refractivity contribution in [2.24, 2.45) is 10.8 Å². The van der Waals surface area contributed by atoms with Crippen LogP contribution in [0.1, 0.15) is 95.9 Å². The van der Waals surface area contributed by atoms with Crippen LogP contribution in [0.15, 0.2) is 64.2 Å². The summed E-state index contributed by atoms with van der Waals surface area (Å²) in [5.74, 6) is 0.373. The molecule has 1 aliphatic carbocycles. The van der Waals surface area contributed by atoms with Crippen LogP contribution in [0.4, 0.5) is 0 Å². The lowest BCUT2D eigenvalue weighted by molar-refractivity contribution is 0.329. The van der Waals surface area contributed by atoms with Crippen LogP contribution in [-0.2, 0) is 0 Å². The Morgan fingerprint density at radius 3 is 2.10 bits per heavy atom. The quantitative estimate of drug-likeness (QED) is 0.183. The molecule has 5 aromatic rings. The maximum atomic E-state index is 14.1. The van der Waals surface area contributed by atoms with E-state index < -0.39 is 0 Å². The highest BCUT2D eigenvalue weighted by molar-refractivity contribution is 6.98. The lowest BCUT2D eigenvalue weighted by atomic mass is 9.34. The van der Waals surface area contributed by atoms with Crippen LogP contribution in [0.3, 0.4) is 0 Å². The second kappa shape index (κ2) is 9.75. The fourth-order valence-electron chi connectivity index (χ4n) is 10.2. The zero-order valence-corrected chi connectivity index (χ0v) is 29.7. The average Bonchev–Trinajstić information content (AvgIpc) is 3.57. The molecule has 0 amide bonds. The van der Waals surface area contributed by atoms with Gasteiger partial charge in [-0.3, -0.25) is 0 Å². The Hall–Kier alpha value is -4.57. The molecular formula is C44H44BNO2. The molecule has 0 unspecified atom stereocenters. The third-order valence-corrected chi connectivity index (χ3v) is 11.6. The molecule has 3 nitrogen and oxygen atoms in total. The topological polar surface area (TPSA) is 35.1 Å². The van der Waals surface area contributed by atoms with E-state index in [2.05, 4.69) is 118 Å². The van der Waals surface area contributed by atoms with Crippen molar-refractivity contribution in [2.45, 2.75) is 73.6 Å². The van der Waals surface area contributed by atoms with Gasteiger partial charge in [-0.15, -0.1) is 0 Å². The molecule has 0 spiro atoms. The number of nitrogens with zero attached hydrogens (tertiary/aromatic N) is 1.